The maximum absolute atomic E-state index is 12.6. The number of aromatic nitrogens is 4. The number of H-pyrrole nitrogens is 1. The van der Waals surface area contributed by atoms with Crippen LogP contribution in [0.1, 0.15) is 36.8 Å². The van der Waals surface area contributed by atoms with E-state index in [1.165, 1.54) is 10.6 Å². The first-order chi connectivity index (χ1) is 12.0. The molecule has 3 aromatic rings. The van der Waals surface area contributed by atoms with Crippen LogP contribution in [0.2, 0.25) is 0 Å². The second-order valence-corrected chi connectivity index (χ2v) is 6.11. The molecular weight excluding hydrogens is 318 g/mol. The van der Waals surface area contributed by atoms with Crippen molar-refractivity contribution in [2.45, 2.75) is 40.2 Å². The summed E-state index contributed by atoms with van der Waals surface area (Å²) in [5.41, 5.74) is 2.33. The number of benzene rings is 1. The molecule has 0 aliphatic heterocycles. The minimum Gasteiger partial charge on any atom is -0.305 e. The number of hydrogen-bond acceptors (Lipinski definition) is 4. The molecule has 3 rings (SSSR count). The van der Waals surface area contributed by atoms with Crippen molar-refractivity contribution in [2.75, 3.05) is 4.90 Å². The third-order valence-corrected chi connectivity index (χ3v) is 3.92. The summed E-state index contributed by atoms with van der Waals surface area (Å²) in [5, 5.41) is 2.94. The van der Waals surface area contributed by atoms with Gasteiger partial charge in [-0.1, -0.05) is 24.6 Å². The fourth-order valence-corrected chi connectivity index (χ4v) is 2.65. The molecule has 130 valence electrons. The quantitative estimate of drug-likeness (QED) is 0.773. The van der Waals surface area contributed by atoms with Crippen LogP contribution in [-0.4, -0.2) is 25.5 Å². The monoisotopic (exact) mass is 339 g/mol. The van der Waals surface area contributed by atoms with Crippen molar-refractivity contribution in [3.63, 3.8) is 0 Å². The number of anilines is 1. The number of amides is 1. The molecular formula is C18H21N5O2. The number of hydrogen-bond donors (Lipinski definition) is 1. The number of fused-ring (bicyclic) bond motifs is 1. The van der Waals surface area contributed by atoms with E-state index >= 15 is 0 Å². The summed E-state index contributed by atoms with van der Waals surface area (Å²) in [4.78, 5) is 34.9. The van der Waals surface area contributed by atoms with Crippen molar-refractivity contribution in [3.8, 4) is 0 Å². The molecule has 0 saturated carbocycles. The third-order valence-electron chi connectivity index (χ3n) is 3.92. The standard InChI is InChI=1S/C18H21N5O2/c1-4-5-16(24)22(14-8-6-12(2)7-9-14)11-15-20-18-19-13(3)10-17(25)23(18)21-15/h6-10H,4-5,11H2,1-3H3,(H,19,20,21). The van der Waals surface area contributed by atoms with Gasteiger partial charge in [0, 0.05) is 23.9 Å². The molecule has 7 heteroatoms. The highest BCUT2D eigenvalue weighted by molar-refractivity contribution is 5.93. The Morgan fingerprint density at radius 2 is 1.92 bits per heavy atom. The number of nitrogens with zero attached hydrogens (tertiary/aromatic N) is 4. The summed E-state index contributed by atoms with van der Waals surface area (Å²) in [6, 6.07) is 9.21. The molecule has 0 fully saturated rings. The van der Waals surface area contributed by atoms with Crippen LogP contribution in [0.4, 0.5) is 5.69 Å². The van der Waals surface area contributed by atoms with Gasteiger partial charge in [-0.05, 0) is 32.4 Å². The van der Waals surface area contributed by atoms with Crippen molar-refractivity contribution < 1.29 is 4.79 Å². The van der Waals surface area contributed by atoms with Gasteiger partial charge in [0.05, 0.1) is 6.54 Å². The van der Waals surface area contributed by atoms with Crippen LogP contribution in [0.5, 0.6) is 0 Å². The van der Waals surface area contributed by atoms with Gasteiger partial charge in [-0.25, -0.2) is 4.98 Å². The van der Waals surface area contributed by atoms with E-state index in [1.54, 1.807) is 11.8 Å². The van der Waals surface area contributed by atoms with E-state index in [-0.39, 0.29) is 18.0 Å². The zero-order valence-corrected chi connectivity index (χ0v) is 14.6. The molecule has 0 bridgehead atoms. The summed E-state index contributed by atoms with van der Waals surface area (Å²) in [6.07, 6.45) is 1.22. The Balaban J connectivity index is 1.97. The number of nitrogens with one attached hydrogen (secondary N) is 1. The van der Waals surface area contributed by atoms with Crippen LogP contribution < -0.4 is 10.5 Å². The first kappa shape index (κ1) is 16.9. The molecule has 0 spiro atoms. The lowest BCUT2D eigenvalue weighted by Crippen LogP contribution is -2.30. The van der Waals surface area contributed by atoms with E-state index in [2.05, 4.69) is 15.1 Å². The minimum atomic E-state index is -0.219. The summed E-state index contributed by atoms with van der Waals surface area (Å²) in [7, 11) is 0. The lowest BCUT2D eigenvalue weighted by molar-refractivity contribution is -0.118. The molecule has 0 aliphatic carbocycles. The largest absolute Gasteiger partial charge is 0.305 e. The predicted octanol–water partition coefficient (Wildman–Crippen LogP) is 2.37. The summed E-state index contributed by atoms with van der Waals surface area (Å²) in [6.45, 7) is 5.98. The van der Waals surface area contributed by atoms with Gasteiger partial charge in [0.2, 0.25) is 5.91 Å². The smallest absolute Gasteiger partial charge is 0.274 e. The number of carbonyl (C=O) groups excluding carboxylic acids is 1. The van der Waals surface area contributed by atoms with E-state index in [0.29, 0.717) is 23.7 Å². The lowest BCUT2D eigenvalue weighted by atomic mass is 10.2. The van der Waals surface area contributed by atoms with Crippen LogP contribution in [-0.2, 0) is 11.3 Å². The van der Waals surface area contributed by atoms with E-state index in [9.17, 15) is 9.59 Å². The average molecular weight is 339 g/mol. The Hall–Kier alpha value is -2.96. The Labute approximate surface area is 145 Å². The topological polar surface area (TPSA) is 83.4 Å². The van der Waals surface area contributed by atoms with Gasteiger partial charge in [0.25, 0.3) is 11.3 Å². The Kier molecular flexibility index (Phi) is 4.65. The van der Waals surface area contributed by atoms with E-state index in [4.69, 9.17) is 0 Å². The predicted molar refractivity (Wildman–Crippen MR) is 95.6 cm³/mol. The van der Waals surface area contributed by atoms with Gasteiger partial charge in [0.1, 0.15) is 5.82 Å². The molecule has 2 heterocycles. The average Bonchev–Trinajstić information content (AvgIpc) is 2.97. The van der Waals surface area contributed by atoms with Gasteiger partial charge >= 0.3 is 0 Å². The molecule has 7 nitrogen and oxygen atoms in total. The third kappa shape index (κ3) is 3.60. The molecule has 1 aromatic carbocycles. The fraction of sp³-hybridized carbons (Fsp3) is 0.333. The van der Waals surface area contributed by atoms with Crippen LogP contribution in [0.3, 0.4) is 0 Å². The van der Waals surface area contributed by atoms with Crippen molar-refractivity contribution in [2.24, 2.45) is 0 Å². The highest BCUT2D eigenvalue weighted by atomic mass is 16.2. The normalized spacial score (nSPS) is 11.0. The molecule has 25 heavy (non-hydrogen) atoms. The Morgan fingerprint density at radius 3 is 2.60 bits per heavy atom. The van der Waals surface area contributed by atoms with Crippen LogP contribution in [0.15, 0.2) is 35.1 Å². The number of aromatic amines is 1. The van der Waals surface area contributed by atoms with Crippen molar-refractivity contribution >= 4 is 17.4 Å². The lowest BCUT2D eigenvalue weighted by Gasteiger charge is -2.21. The van der Waals surface area contributed by atoms with Crippen molar-refractivity contribution in [3.05, 3.63) is 57.8 Å². The van der Waals surface area contributed by atoms with Gasteiger partial charge in [-0.15, -0.1) is 0 Å². The van der Waals surface area contributed by atoms with Crippen LogP contribution in [0, 0.1) is 13.8 Å². The molecule has 0 saturated heterocycles. The van der Waals surface area contributed by atoms with Gasteiger partial charge < -0.3 is 4.90 Å². The minimum absolute atomic E-state index is 0.0169. The SMILES string of the molecule is CCCC(=O)N(Cc1nc2nc(C)cc(=O)n2[nH]1)c1ccc(C)cc1. The zero-order valence-electron chi connectivity index (χ0n) is 14.6. The molecule has 0 atom stereocenters. The highest BCUT2D eigenvalue weighted by Gasteiger charge is 2.18. The number of carbonyl (C=O) groups is 1. The number of rotatable bonds is 5. The molecule has 2 aromatic heterocycles. The van der Waals surface area contributed by atoms with Crippen molar-refractivity contribution in [1.29, 1.82) is 0 Å². The first-order valence-electron chi connectivity index (χ1n) is 8.30. The van der Waals surface area contributed by atoms with Crippen LogP contribution in [0.25, 0.3) is 5.78 Å². The maximum atomic E-state index is 12.6. The molecule has 1 amide bonds. The highest BCUT2D eigenvalue weighted by Crippen LogP contribution is 2.19. The molecule has 0 unspecified atom stereocenters. The molecule has 1 N–H and O–H groups in total. The van der Waals surface area contributed by atoms with Crippen molar-refractivity contribution in [1.82, 2.24) is 19.6 Å². The van der Waals surface area contributed by atoms with Gasteiger partial charge in [-0.2, -0.15) is 9.50 Å². The molecule has 0 radical (unpaired) electrons. The fourth-order valence-electron chi connectivity index (χ4n) is 2.65. The number of aryl methyl sites for hydroxylation is 2. The second-order valence-electron chi connectivity index (χ2n) is 6.11. The first-order valence-corrected chi connectivity index (χ1v) is 8.30. The molecule has 0 aliphatic rings. The summed E-state index contributed by atoms with van der Waals surface area (Å²) >= 11 is 0. The summed E-state index contributed by atoms with van der Waals surface area (Å²) < 4.78 is 1.29. The zero-order chi connectivity index (χ0) is 18.0. The van der Waals surface area contributed by atoms with E-state index in [0.717, 1.165) is 17.7 Å². The van der Waals surface area contributed by atoms with E-state index in [1.807, 2.05) is 38.1 Å². The van der Waals surface area contributed by atoms with Gasteiger partial charge in [-0.3, -0.25) is 14.7 Å². The van der Waals surface area contributed by atoms with Gasteiger partial charge in [0.15, 0.2) is 0 Å². The maximum Gasteiger partial charge on any atom is 0.274 e. The van der Waals surface area contributed by atoms with E-state index < -0.39 is 0 Å². The second kappa shape index (κ2) is 6.88. The van der Waals surface area contributed by atoms with Crippen LogP contribution >= 0.6 is 0 Å². The Bertz CT molecular complexity index is 956. The summed E-state index contributed by atoms with van der Waals surface area (Å²) in [5.74, 6) is 0.843. The Morgan fingerprint density at radius 1 is 1.20 bits per heavy atom.